The fraction of sp³-hybridized carbons (Fsp3) is 0.182. The maximum atomic E-state index is 13.4. The van der Waals surface area contributed by atoms with Crippen LogP contribution in [0.25, 0.3) is 11.3 Å². The molecule has 0 unspecified atom stereocenters. The first-order valence-corrected chi connectivity index (χ1v) is 9.02. The summed E-state index contributed by atoms with van der Waals surface area (Å²) < 4.78 is 13.4. The lowest BCUT2D eigenvalue weighted by Gasteiger charge is -2.19. The maximum Gasteiger partial charge on any atom is 0.257 e. The summed E-state index contributed by atoms with van der Waals surface area (Å²) in [7, 11) is 0. The molecule has 3 aromatic rings. The minimum Gasteiger partial charge on any atom is -0.385 e. The van der Waals surface area contributed by atoms with Gasteiger partial charge < -0.3 is 10.6 Å². The van der Waals surface area contributed by atoms with Crippen LogP contribution < -0.4 is 10.6 Å². The highest BCUT2D eigenvalue weighted by molar-refractivity contribution is 6.05. The number of pyridine rings is 1. The molecule has 1 aromatic heterocycles. The molecule has 0 bridgehead atoms. The molecule has 2 aromatic carbocycles. The average Bonchev–Trinajstić information content (AvgIpc) is 2.67. The number of rotatable bonds is 3. The fourth-order valence-electron chi connectivity index (χ4n) is 3.35. The zero-order chi connectivity index (χ0) is 18.8. The molecule has 0 spiro atoms. The zero-order valence-corrected chi connectivity index (χ0v) is 15.1. The van der Waals surface area contributed by atoms with Gasteiger partial charge >= 0.3 is 0 Å². The van der Waals surface area contributed by atoms with Gasteiger partial charge in [0.2, 0.25) is 0 Å². The van der Waals surface area contributed by atoms with Crippen LogP contribution in [0.4, 0.5) is 15.8 Å². The maximum absolute atomic E-state index is 13.4. The Morgan fingerprint density at radius 3 is 2.85 bits per heavy atom. The first-order chi connectivity index (χ1) is 13.1. The van der Waals surface area contributed by atoms with E-state index in [1.807, 2.05) is 12.1 Å². The van der Waals surface area contributed by atoms with Crippen LogP contribution in [0, 0.1) is 12.7 Å². The molecule has 4 nitrogen and oxygen atoms in total. The number of carbonyl (C=O) groups is 1. The number of fused-ring (bicyclic) bond motifs is 1. The number of hydrogen-bond donors (Lipinski definition) is 2. The van der Waals surface area contributed by atoms with Crippen LogP contribution in [-0.4, -0.2) is 17.4 Å². The second-order valence-electron chi connectivity index (χ2n) is 6.70. The first-order valence-electron chi connectivity index (χ1n) is 9.02. The number of anilines is 2. The lowest BCUT2D eigenvalue weighted by molar-refractivity contribution is 0.102. The van der Waals surface area contributed by atoms with Crippen LogP contribution >= 0.6 is 0 Å². The van der Waals surface area contributed by atoms with Crippen molar-refractivity contribution in [1.29, 1.82) is 0 Å². The van der Waals surface area contributed by atoms with Gasteiger partial charge in [0.15, 0.2) is 0 Å². The highest BCUT2D eigenvalue weighted by Crippen LogP contribution is 2.26. The molecule has 2 heterocycles. The predicted molar refractivity (Wildman–Crippen MR) is 106 cm³/mol. The predicted octanol–water partition coefficient (Wildman–Crippen LogP) is 4.81. The monoisotopic (exact) mass is 361 g/mol. The molecule has 136 valence electrons. The minimum absolute atomic E-state index is 0.207. The minimum atomic E-state index is -0.310. The van der Waals surface area contributed by atoms with Crippen molar-refractivity contribution in [2.75, 3.05) is 17.2 Å². The number of aromatic nitrogens is 1. The van der Waals surface area contributed by atoms with Crippen LogP contribution in [0.5, 0.6) is 0 Å². The number of benzene rings is 2. The van der Waals surface area contributed by atoms with E-state index in [2.05, 4.69) is 21.7 Å². The Morgan fingerprint density at radius 1 is 1.15 bits per heavy atom. The van der Waals surface area contributed by atoms with E-state index in [9.17, 15) is 9.18 Å². The molecule has 0 fully saturated rings. The highest BCUT2D eigenvalue weighted by atomic mass is 19.1. The van der Waals surface area contributed by atoms with Gasteiger partial charge in [-0.3, -0.25) is 9.78 Å². The number of aryl methyl sites for hydroxylation is 2. The third-order valence-corrected chi connectivity index (χ3v) is 4.76. The van der Waals surface area contributed by atoms with E-state index in [1.165, 1.54) is 17.7 Å². The number of carbonyl (C=O) groups excluding carboxylic acids is 1. The normalized spacial score (nSPS) is 12.8. The Balaban J connectivity index is 1.55. The number of nitrogens with one attached hydrogen (secondary N) is 2. The zero-order valence-electron chi connectivity index (χ0n) is 15.1. The Hall–Kier alpha value is -3.21. The number of halogens is 1. The van der Waals surface area contributed by atoms with Gasteiger partial charge in [0.25, 0.3) is 5.91 Å². The van der Waals surface area contributed by atoms with Crippen LogP contribution in [0.1, 0.15) is 28.0 Å². The van der Waals surface area contributed by atoms with Gasteiger partial charge in [-0.15, -0.1) is 0 Å². The molecule has 0 atom stereocenters. The molecule has 0 saturated heterocycles. The molecule has 1 amide bonds. The molecule has 1 aliphatic heterocycles. The van der Waals surface area contributed by atoms with Crippen LogP contribution in [-0.2, 0) is 6.42 Å². The van der Waals surface area contributed by atoms with Gasteiger partial charge in [-0.05, 0) is 61.7 Å². The molecule has 5 heteroatoms. The van der Waals surface area contributed by atoms with Gasteiger partial charge in [0.1, 0.15) is 5.82 Å². The lowest BCUT2D eigenvalue weighted by atomic mass is 10.0. The average molecular weight is 361 g/mol. The Kier molecular flexibility index (Phi) is 4.59. The van der Waals surface area contributed by atoms with Gasteiger partial charge in [-0.25, -0.2) is 4.39 Å². The van der Waals surface area contributed by atoms with E-state index in [1.54, 1.807) is 31.2 Å². The van der Waals surface area contributed by atoms with Crippen molar-refractivity contribution in [3.8, 4) is 11.3 Å². The summed E-state index contributed by atoms with van der Waals surface area (Å²) in [4.78, 5) is 17.2. The van der Waals surface area contributed by atoms with E-state index in [0.717, 1.165) is 30.8 Å². The Labute approximate surface area is 157 Å². The third-order valence-electron chi connectivity index (χ3n) is 4.76. The number of nitrogens with zero attached hydrogens (tertiary/aromatic N) is 1. The molecule has 2 N–H and O–H groups in total. The Bertz CT molecular complexity index is 1020. The summed E-state index contributed by atoms with van der Waals surface area (Å²) in [5.41, 5.74) is 5.53. The molecule has 27 heavy (non-hydrogen) atoms. The lowest BCUT2D eigenvalue weighted by Crippen LogP contribution is -2.16. The van der Waals surface area contributed by atoms with Crippen molar-refractivity contribution in [2.24, 2.45) is 0 Å². The van der Waals surface area contributed by atoms with Crippen molar-refractivity contribution >= 4 is 17.3 Å². The fourth-order valence-corrected chi connectivity index (χ4v) is 3.35. The second-order valence-corrected chi connectivity index (χ2v) is 6.70. The van der Waals surface area contributed by atoms with Crippen molar-refractivity contribution in [3.05, 3.63) is 77.2 Å². The van der Waals surface area contributed by atoms with E-state index in [4.69, 9.17) is 0 Å². The van der Waals surface area contributed by atoms with E-state index < -0.39 is 0 Å². The highest BCUT2D eigenvalue weighted by Gasteiger charge is 2.14. The quantitative estimate of drug-likeness (QED) is 0.704. The van der Waals surface area contributed by atoms with Crippen molar-refractivity contribution < 1.29 is 9.18 Å². The summed E-state index contributed by atoms with van der Waals surface area (Å²) >= 11 is 0. The molecule has 0 saturated carbocycles. The van der Waals surface area contributed by atoms with Gasteiger partial charge in [0, 0.05) is 23.5 Å². The van der Waals surface area contributed by atoms with Crippen molar-refractivity contribution in [2.45, 2.75) is 19.8 Å². The van der Waals surface area contributed by atoms with Crippen molar-refractivity contribution in [3.63, 3.8) is 0 Å². The largest absolute Gasteiger partial charge is 0.385 e. The summed E-state index contributed by atoms with van der Waals surface area (Å²) in [6.45, 7) is 2.74. The smallest absolute Gasteiger partial charge is 0.257 e. The SMILES string of the molecule is Cc1nc(-c2cccc(F)c2)ccc1C(=O)Nc1ccc2c(c1)NCCC2. The molecular formula is C22H20FN3O. The first kappa shape index (κ1) is 17.2. The summed E-state index contributed by atoms with van der Waals surface area (Å²) in [5.74, 6) is -0.517. The van der Waals surface area contributed by atoms with Crippen molar-refractivity contribution in [1.82, 2.24) is 4.98 Å². The molecular weight excluding hydrogens is 341 g/mol. The molecule has 0 aliphatic carbocycles. The van der Waals surface area contributed by atoms with E-state index >= 15 is 0 Å². The van der Waals surface area contributed by atoms with Gasteiger partial charge in [-0.2, -0.15) is 0 Å². The molecule has 0 radical (unpaired) electrons. The number of hydrogen-bond acceptors (Lipinski definition) is 3. The summed E-state index contributed by atoms with van der Waals surface area (Å²) in [6.07, 6.45) is 2.18. The number of amides is 1. The summed E-state index contributed by atoms with van der Waals surface area (Å²) in [6, 6.07) is 15.7. The van der Waals surface area contributed by atoms with E-state index in [0.29, 0.717) is 22.5 Å². The van der Waals surface area contributed by atoms with Crippen LogP contribution in [0.3, 0.4) is 0 Å². The topological polar surface area (TPSA) is 54.0 Å². The second kappa shape index (κ2) is 7.19. The third kappa shape index (κ3) is 3.67. The standard InChI is InChI=1S/C22H20FN3O/c1-14-19(9-10-20(25-14)16-4-2-6-17(23)12-16)22(27)26-18-8-7-15-5-3-11-24-21(15)13-18/h2,4,6-10,12-13,24H,3,5,11H2,1H3,(H,26,27). The molecule has 1 aliphatic rings. The van der Waals surface area contributed by atoms with Crippen LogP contribution in [0.15, 0.2) is 54.6 Å². The van der Waals surface area contributed by atoms with Gasteiger partial charge in [-0.1, -0.05) is 18.2 Å². The molecule has 4 rings (SSSR count). The van der Waals surface area contributed by atoms with Gasteiger partial charge in [0.05, 0.1) is 17.0 Å². The van der Waals surface area contributed by atoms with E-state index in [-0.39, 0.29) is 11.7 Å². The Morgan fingerprint density at radius 2 is 2.04 bits per heavy atom. The van der Waals surface area contributed by atoms with Crippen LogP contribution in [0.2, 0.25) is 0 Å². The summed E-state index contributed by atoms with van der Waals surface area (Å²) in [5, 5.41) is 6.30.